The van der Waals surface area contributed by atoms with Crippen LogP contribution in [-0.2, 0) is 6.54 Å². The van der Waals surface area contributed by atoms with E-state index in [2.05, 4.69) is 15.3 Å². The molecule has 7 nitrogen and oxygen atoms in total. The van der Waals surface area contributed by atoms with Crippen LogP contribution in [0.25, 0.3) is 0 Å². The molecule has 0 atom stereocenters. The topological polar surface area (TPSA) is 97.1 Å². The van der Waals surface area contributed by atoms with Gasteiger partial charge in [0.2, 0.25) is 0 Å². The highest BCUT2D eigenvalue weighted by Crippen LogP contribution is 2.11. The molecule has 2 rings (SSSR count). The summed E-state index contributed by atoms with van der Waals surface area (Å²) < 4.78 is 1.80. The van der Waals surface area contributed by atoms with E-state index >= 15 is 0 Å². The fourth-order valence-corrected chi connectivity index (χ4v) is 1.81. The fourth-order valence-electron chi connectivity index (χ4n) is 1.81. The van der Waals surface area contributed by atoms with Gasteiger partial charge in [-0.1, -0.05) is 6.92 Å². The molecule has 104 valence electrons. The highest BCUT2D eigenvalue weighted by atomic mass is 16.4. The van der Waals surface area contributed by atoms with Gasteiger partial charge >= 0.3 is 5.97 Å². The molecular weight excluding hydrogens is 260 g/mol. The molecule has 2 aromatic rings. The number of aryl methyl sites for hydroxylation is 1. The number of carbonyl (C=O) groups excluding carboxylic acids is 1. The first kappa shape index (κ1) is 13.7. The summed E-state index contributed by atoms with van der Waals surface area (Å²) in [5, 5.41) is 11.5. The number of amides is 1. The van der Waals surface area contributed by atoms with Gasteiger partial charge in [0, 0.05) is 25.1 Å². The van der Waals surface area contributed by atoms with Crippen LogP contribution < -0.4 is 5.32 Å². The standard InChI is InChI=1S/C13H14N4O3/c1-2-7-17-8-3-4-9(17)12(18)16-11-10(13(19)20)14-5-6-15-11/h3-6,8H,2,7H2,1H3,(H,19,20)(H,15,16,18). The summed E-state index contributed by atoms with van der Waals surface area (Å²) in [6.45, 7) is 2.72. The molecule has 1 amide bonds. The van der Waals surface area contributed by atoms with Crippen molar-refractivity contribution in [3.63, 3.8) is 0 Å². The summed E-state index contributed by atoms with van der Waals surface area (Å²) in [7, 11) is 0. The van der Waals surface area contributed by atoms with Gasteiger partial charge < -0.3 is 15.0 Å². The zero-order valence-electron chi connectivity index (χ0n) is 10.9. The summed E-state index contributed by atoms with van der Waals surface area (Å²) in [5.41, 5.74) is 0.170. The van der Waals surface area contributed by atoms with Crippen molar-refractivity contribution in [3.8, 4) is 0 Å². The number of carboxylic acid groups (broad SMARTS) is 1. The maximum atomic E-state index is 12.2. The third-order valence-corrected chi connectivity index (χ3v) is 2.66. The lowest BCUT2D eigenvalue weighted by atomic mass is 10.3. The molecule has 0 aliphatic carbocycles. The van der Waals surface area contributed by atoms with E-state index in [-0.39, 0.29) is 11.5 Å². The third-order valence-electron chi connectivity index (χ3n) is 2.66. The van der Waals surface area contributed by atoms with Gasteiger partial charge in [0.05, 0.1) is 0 Å². The molecule has 0 aliphatic heterocycles. The molecule has 20 heavy (non-hydrogen) atoms. The van der Waals surface area contributed by atoms with Crippen molar-refractivity contribution < 1.29 is 14.7 Å². The Morgan fingerprint density at radius 3 is 2.80 bits per heavy atom. The highest BCUT2D eigenvalue weighted by Gasteiger charge is 2.17. The van der Waals surface area contributed by atoms with Gasteiger partial charge in [0.25, 0.3) is 5.91 Å². The molecule has 0 aliphatic rings. The van der Waals surface area contributed by atoms with Crippen LogP contribution in [0, 0.1) is 0 Å². The Bertz CT molecular complexity index is 636. The number of hydrogen-bond donors (Lipinski definition) is 2. The summed E-state index contributed by atoms with van der Waals surface area (Å²) in [4.78, 5) is 30.7. The normalized spacial score (nSPS) is 10.2. The monoisotopic (exact) mass is 274 g/mol. The van der Waals surface area contributed by atoms with Crippen molar-refractivity contribution in [1.29, 1.82) is 0 Å². The predicted molar refractivity (Wildman–Crippen MR) is 71.7 cm³/mol. The molecule has 0 saturated heterocycles. The molecule has 2 N–H and O–H groups in total. The number of carboxylic acids is 1. The van der Waals surface area contributed by atoms with E-state index < -0.39 is 11.9 Å². The number of aromatic carboxylic acids is 1. The lowest BCUT2D eigenvalue weighted by Gasteiger charge is -2.09. The van der Waals surface area contributed by atoms with E-state index in [1.807, 2.05) is 6.92 Å². The Morgan fingerprint density at radius 1 is 1.35 bits per heavy atom. The highest BCUT2D eigenvalue weighted by molar-refractivity contribution is 6.05. The van der Waals surface area contributed by atoms with Crippen molar-refractivity contribution in [3.05, 3.63) is 42.1 Å². The minimum Gasteiger partial charge on any atom is -0.476 e. The Morgan fingerprint density at radius 2 is 2.10 bits per heavy atom. The van der Waals surface area contributed by atoms with Crippen LogP contribution >= 0.6 is 0 Å². The largest absolute Gasteiger partial charge is 0.476 e. The lowest BCUT2D eigenvalue weighted by molar-refractivity contribution is 0.0691. The predicted octanol–water partition coefficient (Wildman–Crippen LogP) is 1.64. The molecule has 0 spiro atoms. The van der Waals surface area contributed by atoms with Crippen LogP contribution in [0.5, 0.6) is 0 Å². The number of nitrogens with one attached hydrogen (secondary N) is 1. The molecule has 0 aromatic carbocycles. The smallest absolute Gasteiger partial charge is 0.358 e. The molecular formula is C13H14N4O3. The Labute approximate surface area is 115 Å². The summed E-state index contributed by atoms with van der Waals surface area (Å²) in [6, 6.07) is 3.43. The van der Waals surface area contributed by atoms with Gasteiger partial charge in [-0.15, -0.1) is 0 Å². The van der Waals surface area contributed by atoms with Gasteiger partial charge in [0.15, 0.2) is 11.5 Å². The Balaban J connectivity index is 2.24. The molecule has 0 radical (unpaired) electrons. The van der Waals surface area contributed by atoms with Crippen LogP contribution in [0.1, 0.15) is 34.3 Å². The maximum absolute atomic E-state index is 12.2. The van der Waals surface area contributed by atoms with Crippen LogP contribution in [-0.4, -0.2) is 31.5 Å². The van der Waals surface area contributed by atoms with Crippen LogP contribution in [0.15, 0.2) is 30.7 Å². The molecule has 2 heterocycles. The molecule has 7 heteroatoms. The minimum atomic E-state index is -1.24. The quantitative estimate of drug-likeness (QED) is 0.863. The number of carbonyl (C=O) groups is 2. The number of aromatic nitrogens is 3. The van der Waals surface area contributed by atoms with Crippen molar-refractivity contribution in [2.75, 3.05) is 5.32 Å². The average molecular weight is 274 g/mol. The molecule has 0 saturated carbocycles. The van der Waals surface area contributed by atoms with Crippen molar-refractivity contribution >= 4 is 17.7 Å². The van der Waals surface area contributed by atoms with Gasteiger partial charge in [-0.2, -0.15) is 0 Å². The number of rotatable bonds is 5. The van der Waals surface area contributed by atoms with Crippen molar-refractivity contribution in [1.82, 2.24) is 14.5 Å². The average Bonchev–Trinajstić information content (AvgIpc) is 2.88. The van der Waals surface area contributed by atoms with E-state index in [9.17, 15) is 9.59 Å². The Kier molecular flexibility index (Phi) is 4.09. The van der Waals surface area contributed by atoms with Crippen LogP contribution in [0.4, 0.5) is 5.82 Å². The van der Waals surface area contributed by atoms with Crippen LogP contribution in [0.2, 0.25) is 0 Å². The van der Waals surface area contributed by atoms with E-state index in [4.69, 9.17) is 5.11 Å². The summed E-state index contributed by atoms with van der Waals surface area (Å²) in [5.74, 6) is -1.71. The first-order valence-electron chi connectivity index (χ1n) is 6.14. The van der Waals surface area contributed by atoms with E-state index in [0.717, 1.165) is 6.42 Å². The first-order chi connectivity index (χ1) is 9.63. The number of anilines is 1. The van der Waals surface area contributed by atoms with E-state index in [0.29, 0.717) is 12.2 Å². The fraction of sp³-hybridized carbons (Fsp3) is 0.231. The van der Waals surface area contributed by atoms with Crippen molar-refractivity contribution in [2.45, 2.75) is 19.9 Å². The van der Waals surface area contributed by atoms with E-state index in [1.54, 1.807) is 22.9 Å². The molecule has 0 bridgehead atoms. The zero-order chi connectivity index (χ0) is 14.5. The first-order valence-corrected chi connectivity index (χ1v) is 6.14. The Hall–Kier alpha value is -2.70. The summed E-state index contributed by atoms with van der Waals surface area (Å²) in [6.07, 6.45) is 5.28. The zero-order valence-corrected chi connectivity index (χ0v) is 10.9. The van der Waals surface area contributed by atoms with Gasteiger partial charge in [-0.05, 0) is 18.6 Å². The molecule has 2 aromatic heterocycles. The van der Waals surface area contributed by atoms with Crippen molar-refractivity contribution in [2.24, 2.45) is 0 Å². The van der Waals surface area contributed by atoms with Crippen LogP contribution in [0.3, 0.4) is 0 Å². The second-order valence-corrected chi connectivity index (χ2v) is 4.10. The molecule has 0 fully saturated rings. The maximum Gasteiger partial charge on any atom is 0.358 e. The van der Waals surface area contributed by atoms with Gasteiger partial charge in [-0.25, -0.2) is 14.8 Å². The molecule has 0 unspecified atom stereocenters. The lowest BCUT2D eigenvalue weighted by Crippen LogP contribution is -2.20. The third kappa shape index (κ3) is 2.82. The second kappa shape index (κ2) is 5.96. The number of hydrogen-bond acceptors (Lipinski definition) is 4. The summed E-state index contributed by atoms with van der Waals surface area (Å²) >= 11 is 0. The van der Waals surface area contributed by atoms with Gasteiger partial charge in [0.1, 0.15) is 5.69 Å². The minimum absolute atomic E-state index is 0.0609. The second-order valence-electron chi connectivity index (χ2n) is 4.10. The SMILES string of the molecule is CCCn1cccc1C(=O)Nc1nccnc1C(=O)O. The van der Waals surface area contributed by atoms with Gasteiger partial charge in [-0.3, -0.25) is 4.79 Å². The van der Waals surface area contributed by atoms with E-state index in [1.165, 1.54) is 12.4 Å². The number of nitrogens with zero attached hydrogens (tertiary/aromatic N) is 3.